The summed E-state index contributed by atoms with van der Waals surface area (Å²) in [6.07, 6.45) is 19.9. The van der Waals surface area contributed by atoms with Crippen LogP contribution in [0.3, 0.4) is 0 Å². The van der Waals surface area contributed by atoms with Gasteiger partial charge in [0.05, 0.1) is 26.2 Å². The van der Waals surface area contributed by atoms with E-state index < -0.39 is 35.7 Å². The normalized spacial score (nSPS) is 15.9. The molecular weight excluding hydrogens is 458 g/mol. The van der Waals surface area contributed by atoms with Gasteiger partial charge in [0.15, 0.2) is 0 Å². The summed E-state index contributed by atoms with van der Waals surface area (Å²) in [4.78, 5) is 34.7. The number of allylic oxidation sites excluding steroid dienone is 2. The molecule has 0 saturated heterocycles. The number of nitrogens with zero attached hydrogens (tertiary/aromatic N) is 1. The van der Waals surface area contributed by atoms with Crippen LogP contribution in [0.1, 0.15) is 111 Å². The van der Waals surface area contributed by atoms with Gasteiger partial charge in [-0.15, -0.1) is 0 Å². The molecular formula is C29H54NO6+. The van der Waals surface area contributed by atoms with Crippen LogP contribution in [0, 0.1) is 17.8 Å². The minimum Gasteiger partial charge on any atom is -0.481 e. The average molecular weight is 513 g/mol. The molecule has 0 heterocycles. The Labute approximate surface area is 219 Å². The summed E-state index contributed by atoms with van der Waals surface area (Å²) in [6, 6.07) is 0. The lowest BCUT2D eigenvalue weighted by Gasteiger charge is -2.42. The molecule has 3 N–H and O–H groups in total. The number of unbranched alkanes of at least 4 members (excludes halogenated alkanes) is 11. The highest BCUT2D eigenvalue weighted by Gasteiger charge is 2.38. The van der Waals surface area contributed by atoms with Crippen LogP contribution < -0.4 is 0 Å². The highest BCUT2D eigenvalue weighted by Crippen LogP contribution is 2.22. The van der Waals surface area contributed by atoms with Gasteiger partial charge in [-0.25, -0.2) is 0 Å². The number of rotatable bonds is 24. The van der Waals surface area contributed by atoms with E-state index in [2.05, 4.69) is 19.1 Å². The van der Waals surface area contributed by atoms with Gasteiger partial charge in [-0.1, -0.05) is 64.0 Å². The number of quaternary nitrogens is 1. The third-order valence-corrected chi connectivity index (χ3v) is 7.14. The van der Waals surface area contributed by atoms with Crippen LogP contribution in [0.15, 0.2) is 12.2 Å². The molecule has 7 heteroatoms. The lowest BCUT2D eigenvalue weighted by Crippen LogP contribution is -2.57. The second kappa shape index (κ2) is 20.2. The molecule has 3 atom stereocenters. The summed E-state index contributed by atoms with van der Waals surface area (Å²) in [6.45, 7) is 8.44. The number of aliphatic carboxylic acids is 3. The summed E-state index contributed by atoms with van der Waals surface area (Å²) < 4.78 is 0.223. The molecule has 0 aliphatic heterocycles. The third-order valence-electron chi connectivity index (χ3n) is 7.14. The first kappa shape index (κ1) is 34.1. The van der Waals surface area contributed by atoms with Crippen LogP contribution in [0.5, 0.6) is 0 Å². The van der Waals surface area contributed by atoms with Crippen molar-refractivity contribution in [2.45, 2.75) is 111 Å². The summed E-state index contributed by atoms with van der Waals surface area (Å²) >= 11 is 0. The van der Waals surface area contributed by atoms with Gasteiger partial charge >= 0.3 is 17.9 Å². The smallest absolute Gasteiger partial charge is 0.311 e. The Morgan fingerprint density at radius 1 is 0.583 bits per heavy atom. The van der Waals surface area contributed by atoms with E-state index in [9.17, 15) is 29.7 Å². The van der Waals surface area contributed by atoms with Crippen LogP contribution in [0.25, 0.3) is 0 Å². The second-order valence-corrected chi connectivity index (χ2v) is 10.9. The molecule has 0 aliphatic rings. The van der Waals surface area contributed by atoms with Crippen molar-refractivity contribution in [2.24, 2.45) is 17.8 Å². The maximum Gasteiger partial charge on any atom is 0.311 e. The van der Waals surface area contributed by atoms with E-state index in [1.807, 2.05) is 0 Å². The van der Waals surface area contributed by atoms with Crippen LogP contribution in [0.2, 0.25) is 0 Å². The summed E-state index contributed by atoms with van der Waals surface area (Å²) in [5, 5.41) is 28.5. The van der Waals surface area contributed by atoms with Crippen molar-refractivity contribution >= 4 is 17.9 Å². The zero-order chi connectivity index (χ0) is 27.4. The maximum atomic E-state index is 11.6. The van der Waals surface area contributed by atoms with Crippen LogP contribution in [0.4, 0.5) is 0 Å². The lowest BCUT2D eigenvalue weighted by atomic mass is 10.00. The Balaban J connectivity index is 4.59. The Morgan fingerprint density at radius 3 is 1.28 bits per heavy atom. The van der Waals surface area contributed by atoms with Crippen molar-refractivity contribution in [2.75, 3.05) is 26.2 Å². The number of carbonyl (C=O) groups is 3. The zero-order valence-electron chi connectivity index (χ0n) is 23.4. The van der Waals surface area contributed by atoms with Crippen molar-refractivity contribution in [3.63, 3.8) is 0 Å². The standard InChI is InChI=1S/C29H53NO6/c1-5-6-7-8-9-10-11-12-13-14-15-16-17-18-19-20-30(21-24(2)27(31)32,22-25(3)28(33)34)23-26(4)29(35)36/h9-10,24-26H,5-8,11-23H2,1-4H3,(H2-,31,32,33,34,35,36)/p+1/b10-9+. The molecule has 36 heavy (non-hydrogen) atoms. The molecule has 0 aromatic carbocycles. The van der Waals surface area contributed by atoms with Gasteiger partial charge in [0, 0.05) is 0 Å². The molecule has 0 fully saturated rings. The number of carboxylic acid groups (broad SMARTS) is 3. The first-order valence-electron chi connectivity index (χ1n) is 14.2. The van der Waals surface area contributed by atoms with E-state index in [0.717, 1.165) is 25.7 Å². The van der Waals surface area contributed by atoms with E-state index in [0.29, 0.717) is 6.54 Å². The summed E-state index contributed by atoms with van der Waals surface area (Å²) in [5.41, 5.74) is 0. The van der Waals surface area contributed by atoms with Crippen molar-refractivity contribution in [1.82, 2.24) is 0 Å². The molecule has 0 amide bonds. The molecule has 7 nitrogen and oxygen atoms in total. The zero-order valence-corrected chi connectivity index (χ0v) is 23.4. The summed E-state index contributed by atoms with van der Waals surface area (Å²) in [5.74, 6) is -4.81. The minimum absolute atomic E-state index is 0.223. The molecule has 3 unspecified atom stereocenters. The van der Waals surface area contributed by atoms with Gasteiger partial charge in [-0.05, 0) is 59.3 Å². The Morgan fingerprint density at radius 2 is 0.917 bits per heavy atom. The fourth-order valence-electron chi connectivity index (χ4n) is 4.99. The number of hydrogen-bond acceptors (Lipinski definition) is 3. The average Bonchev–Trinajstić information content (AvgIpc) is 2.81. The van der Waals surface area contributed by atoms with Crippen molar-refractivity contribution in [1.29, 1.82) is 0 Å². The molecule has 0 bridgehead atoms. The van der Waals surface area contributed by atoms with Crippen molar-refractivity contribution < 1.29 is 34.2 Å². The predicted molar refractivity (Wildman–Crippen MR) is 145 cm³/mol. The van der Waals surface area contributed by atoms with E-state index in [1.54, 1.807) is 20.8 Å². The van der Waals surface area contributed by atoms with Gasteiger partial charge < -0.3 is 19.8 Å². The predicted octanol–water partition coefficient (Wildman–Crippen LogP) is 6.61. The van der Waals surface area contributed by atoms with Gasteiger partial charge in [0.2, 0.25) is 0 Å². The molecule has 0 spiro atoms. The fourth-order valence-corrected chi connectivity index (χ4v) is 4.99. The van der Waals surface area contributed by atoms with Gasteiger partial charge in [-0.3, -0.25) is 14.4 Å². The minimum atomic E-state index is -0.935. The van der Waals surface area contributed by atoms with Crippen LogP contribution in [-0.2, 0) is 14.4 Å². The molecule has 0 aromatic rings. The highest BCUT2D eigenvalue weighted by atomic mass is 16.4. The Hall–Kier alpha value is -1.89. The third kappa shape index (κ3) is 16.7. The van der Waals surface area contributed by atoms with Crippen LogP contribution in [-0.4, -0.2) is 63.9 Å². The monoisotopic (exact) mass is 512 g/mol. The van der Waals surface area contributed by atoms with Crippen LogP contribution >= 0.6 is 0 Å². The number of hydrogen-bond donors (Lipinski definition) is 3. The Kier molecular flexibility index (Phi) is 19.1. The van der Waals surface area contributed by atoms with Crippen molar-refractivity contribution in [3.8, 4) is 0 Å². The van der Waals surface area contributed by atoms with E-state index in [-0.39, 0.29) is 24.1 Å². The van der Waals surface area contributed by atoms with E-state index >= 15 is 0 Å². The molecule has 0 aliphatic carbocycles. The highest BCUT2D eigenvalue weighted by molar-refractivity contribution is 5.70. The lowest BCUT2D eigenvalue weighted by molar-refractivity contribution is -0.934. The van der Waals surface area contributed by atoms with Crippen molar-refractivity contribution in [3.05, 3.63) is 12.2 Å². The first-order chi connectivity index (χ1) is 17.0. The molecule has 0 saturated carbocycles. The molecule has 0 radical (unpaired) electrons. The largest absolute Gasteiger partial charge is 0.481 e. The SMILES string of the molecule is CCCCC/C=C/CCCCCCCCCC[N+](CC(C)C(=O)O)(CC(C)C(=O)O)CC(C)C(=O)O. The second-order valence-electron chi connectivity index (χ2n) is 10.9. The van der Waals surface area contributed by atoms with E-state index in [4.69, 9.17) is 0 Å². The van der Waals surface area contributed by atoms with E-state index in [1.165, 1.54) is 57.8 Å². The number of carboxylic acids is 3. The fraction of sp³-hybridized carbons (Fsp3) is 0.828. The summed E-state index contributed by atoms with van der Waals surface area (Å²) in [7, 11) is 0. The first-order valence-corrected chi connectivity index (χ1v) is 14.2. The molecule has 0 rings (SSSR count). The topological polar surface area (TPSA) is 112 Å². The maximum absolute atomic E-state index is 11.6. The molecule has 0 aromatic heterocycles. The quantitative estimate of drug-likeness (QED) is 0.0762. The molecule has 210 valence electrons. The Bertz CT molecular complexity index is 593. The van der Waals surface area contributed by atoms with Gasteiger partial charge in [-0.2, -0.15) is 0 Å². The van der Waals surface area contributed by atoms with Gasteiger partial charge in [0.1, 0.15) is 17.8 Å². The van der Waals surface area contributed by atoms with Gasteiger partial charge in [0.25, 0.3) is 0 Å².